The Balaban J connectivity index is 2.24. The standard InChI is InChI=1S/C11H10BrN3O/c1-8(16)6-10-7-15(14-13-10)11-4-2-9(12)3-5-11/h2-5,7H,6H2,1H3. The summed E-state index contributed by atoms with van der Waals surface area (Å²) in [6.07, 6.45) is 2.10. The van der Waals surface area contributed by atoms with Crippen LogP contribution in [0.1, 0.15) is 12.6 Å². The van der Waals surface area contributed by atoms with Crippen molar-refractivity contribution in [2.75, 3.05) is 0 Å². The molecule has 0 unspecified atom stereocenters. The van der Waals surface area contributed by atoms with E-state index >= 15 is 0 Å². The monoisotopic (exact) mass is 279 g/mol. The molecule has 0 aliphatic rings. The number of benzene rings is 1. The Morgan fingerprint density at radius 1 is 1.38 bits per heavy atom. The van der Waals surface area contributed by atoms with Crippen molar-refractivity contribution >= 4 is 21.7 Å². The van der Waals surface area contributed by atoms with Gasteiger partial charge in [0.2, 0.25) is 0 Å². The van der Waals surface area contributed by atoms with E-state index in [1.54, 1.807) is 17.8 Å². The van der Waals surface area contributed by atoms with Crippen molar-refractivity contribution in [2.24, 2.45) is 0 Å². The normalized spacial score (nSPS) is 10.4. The summed E-state index contributed by atoms with van der Waals surface area (Å²) in [5, 5.41) is 7.90. The first-order valence-electron chi connectivity index (χ1n) is 4.82. The number of carbonyl (C=O) groups excluding carboxylic acids is 1. The van der Waals surface area contributed by atoms with Crippen LogP contribution in [0.3, 0.4) is 0 Å². The van der Waals surface area contributed by atoms with Crippen LogP contribution >= 0.6 is 15.9 Å². The van der Waals surface area contributed by atoms with Crippen molar-refractivity contribution in [1.82, 2.24) is 15.0 Å². The number of hydrogen-bond acceptors (Lipinski definition) is 3. The summed E-state index contributed by atoms with van der Waals surface area (Å²) in [5.41, 5.74) is 1.61. The first kappa shape index (κ1) is 11.0. The average molecular weight is 280 g/mol. The SMILES string of the molecule is CC(=O)Cc1cn(-c2ccc(Br)cc2)nn1. The van der Waals surface area contributed by atoms with Crippen molar-refractivity contribution in [3.05, 3.63) is 40.6 Å². The zero-order valence-corrected chi connectivity index (χ0v) is 10.3. The number of Topliss-reactive ketones (excluding diaryl/α,β-unsaturated/α-hetero) is 1. The van der Waals surface area contributed by atoms with Gasteiger partial charge < -0.3 is 0 Å². The van der Waals surface area contributed by atoms with Crippen LogP contribution < -0.4 is 0 Å². The minimum atomic E-state index is 0.0860. The molecule has 2 aromatic rings. The van der Waals surface area contributed by atoms with Crippen LogP contribution in [0.5, 0.6) is 0 Å². The van der Waals surface area contributed by atoms with Crippen molar-refractivity contribution in [1.29, 1.82) is 0 Å². The summed E-state index contributed by atoms with van der Waals surface area (Å²) in [5.74, 6) is 0.0860. The van der Waals surface area contributed by atoms with Gasteiger partial charge in [0.1, 0.15) is 5.78 Å². The molecule has 0 saturated carbocycles. The van der Waals surface area contributed by atoms with Crippen LogP contribution in [0.2, 0.25) is 0 Å². The van der Waals surface area contributed by atoms with Gasteiger partial charge in [-0.1, -0.05) is 21.1 Å². The molecule has 5 heteroatoms. The number of hydrogen-bond donors (Lipinski definition) is 0. The summed E-state index contributed by atoms with van der Waals surface area (Å²) in [6.45, 7) is 1.54. The lowest BCUT2D eigenvalue weighted by Gasteiger charge is -1.98. The van der Waals surface area contributed by atoms with Gasteiger partial charge in [-0.3, -0.25) is 4.79 Å². The molecule has 4 nitrogen and oxygen atoms in total. The van der Waals surface area contributed by atoms with E-state index in [-0.39, 0.29) is 5.78 Å². The van der Waals surface area contributed by atoms with Gasteiger partial charge in [0.05, 0.1) is 24.0 Å². The molecule has 0 N–H and O–H groups in total. The Kier molecular flexibility index (Phi) is 3.14. The summed E-state index contributed by atoms with van der Waals surface area (Å²) in [6, 6.07) is 7.72. The molecular weight excluding hydrogens is 270 g/mol. The first-order valence-corrected chi connectivity index (χ1v) is 5.61. The third kappa shape index (κ3) is 2.55. The van der Waals surface area contributed by atoms with Gasteiger partial charge in [0.15, 0.2) is 0 Å². The molecular formula is C11H10BrN3O. The van der Waals surface area contributed by atoms with Gasteiger partial charge in [0, 0.05) is 4.47 Å². The lowest BCUT2D eigenvalue weighted by molar-refractivity contribution is -0.116. The Morgan fingerprint density at radius 3 is 2.69 bits per heavy atom. The molecule has 0 aliphatic heterocycles. The van der Waals surface area contributed by atoms with Gasteiger partial charge in [-0.15, -0.1) is 5.10 Å². The summed E-state index contributed by atoms with van der Waals surface area (Å²) < 4.78 is 2.67. The first-order chi connectivity index (χ1) is 7.65. The molecule has 0 saturated heterocycles. The molecule has 0 spiro atoms. The average Bonchev–Trinajstić information content (AvgIpc) is 2.66. The van der Waals surface area contributed by atoms with E-state index in [1.807, 2.05) is 24.3 Å². The Labute approximate surface area is 101 Å². The summed E-state index contributed by atoms with van der Waals surface area (Å²) in [7, 11) is 0. The molecule has 0 aliphatic carbocycles. The lowest BCUT2D eigenvalue weighted by atomic mass is 10.2. The van der Waals surface area contributed by atoms with Crippen molar-refractivity contribution < 1.29 is 4.79 Å². The maximum Gasteiger partial charge on any atom is 0.135 e. The van der Waals surface area contributed by atoms with Crippen molar-refractivity contribution in [3.63, 3.8) is 0 Å². The van der Waals surface area contributed by atoms with Crippen LogP contribution in [-0.2, 0) is 11.2 Å². The van der Waals surface area contributed by atoms with E-state index in [1.165, 1.54) is 0 Å². The van der Waals surface area contributed by atoms with Crippen molar-refractivity contribution in [3.8, 4) is 5.69 Å². The van der Waals surface area contributed by atoms with Crippen LogP contribution in [0.4, 0.5) is 0 Å². The van der Waals surface area contributed by atoms with Gasteiger partial charge in [-0.05, 0) is 31.2 Å². The lowest BCUT2D eigenvalue weighted by Crippen LogP contribution is -1.96. The topological polar surface area (TPSA) is 47.8 Å². The third-order valence-corrected chi connectivity index (χ3v) is 2.59. The Morgan fingerprint density at radius 2 is 2.06 bits per heavy atom. The second-order valence-electron chi connectivity index (χ2n) is 3.51. The third-order valence-electron chi connectivity index (χ3n) is 2.06. The molecule has 1 aromatic carbocycles. The van der Waals surface area contributed by atoms with Gasteiger partial charge in [-0.25, -0.2) is 4.68 Å². The van der Waals surface area contributed by atoms with Crippen LogP contribution in [0.25, 0.3) is 5.69 Å². The highest BCUT2D eigenvalue weighted by molar-refractivity contribution is 9.10. The molecule has 0 atom stereocenters. The largest absolute Gasteiger partial charge is 0.300 e. The number of carbonyl (C=O) groups is 1. The second-order valence-corrected chi connectivity index (χ2v) is 4.43. The van der Waals surface area contributed by atoms with Gasteiger partial charge >= 0.3 is 0 Å². The van der Waals surface area contributed by atoms with E-state index in [0.29, 0.717) is 12.1 Å². The molecule has 0 amide bonds. The van der Waals surface area contributed by atoms with E-state index in [2.05, 4.69) is 26.2 Å². The Hall–Kier alpha value is -1.49. The fraction of sp³-hybridized carbons (Fsp3) is 0.182. The summed E-state index contributed by atoms with van der Waals surface area (Å²) in [4.78, 5) is 10.9. The van der Waals surface area contributed by atoms with E-state index < -0.39 is 0 Å². The van der Waals surface area contributed by atoms with Crippen LogP contribution in [0.15, 0.2) is 34.9 Å². The predicted molar refractivity (Wildman–Crippen MR) is 63.4 cm³/mol. The maximum absolute atomic E-state index is 10.9. The molecule has 16 heavy (non-hydrogen) atoms. The molecule has 0 fully saturated rings. The minimum Gasteiger partial charge on any atom is -0.300 e. The fourth-order valence-corrected chi connectivity index (χ4v) is 1.62. The summed E-state index contributed by atoms with van der Waals surface area (Å²) >= 11 is 3.37. The Bertz CT molecular complexity index is 504. The van der Waals surface area contributed by atoms with E-state index in [0.717, 1.165) is 10.2 Å². The molecule has 2 rings (SSSR count). The van der Waals surface area contributed by atoms with Gasteiger partial charge in [0.25, 0.3) is 0 Å². The van der Waals surface area contributed by atoms with Crippen molar-refractivity contribution in [2.45, 2.75) is 13.3 Å². The maximum atomic E-state index is 10.9. The molecule has 0 bridgehead atoms. The highest BCUT2D eigenvalue weighted by Gasteiger charge is 2.04. The van der Waals surface area contributed by atoms with Gasteiger partial charge in [-0.2, -0.15) is 0 Å². The minimum absolute atomic E-state index is 0.0860. The zero-order chi connectivity index (χ0) is 11.5. The second kappa shape index (κ2) is 4.57. The molecule has 82 valence electrons. The number of nitrogens with zero attached hydrogens (tertiary/aromatic N) is 3. The highest BCUT2D eigenvalue weighted by Crippen LogP contribution is 2.13. The molecule has 0 radical (unpaired) electrons. The predicted octanol–water partition coefficient (Wildman–Crippen LogP) is 2.16. The smallest absolute Gasteiger partial charge is 0.135 e. The molecule has 1 aromatic heterocycles. The van der Waals surface area contributed by atoms with E-state index in [9.17, 15) is 4.79 Å². The van der Waals surface area contributed by atoms with E-state index in [4.69, 9.17) is 0 Å². The van der Waals surface area contributed by atoms with Crippen LogP contribution in [0, 0.1) is 0 Å². The number of rotatable bonds is 3. The number of halogens is 1. The number of aromatic nitrogens is 3. The van der Waals surface area contributed by atoms with Crippen LogP contribution in [-0.4, -0.2) is 20.8 Å². The quantitative estimate of drug-likeness (QED) is 0.865. The highest BCUT2D eigenvalue weighted by atomic mass is 79.9. The molecule has 1 heterocycles. The number of ketones is 1. The zero-order valence-electron chi connectivity index (χ0n) is 8.72. The fourth-order valence-electron chi connectivity index (χ4n) is 1.35.